The van der Waals surface area contributed by atoms with Crippen LogP contribution in [0.5, 0.6) is 0 Å². The van der Waals surface area contributed by atoms with Crippen LogP contribution in [0.1, 0.15) is 66.2 Å². The van der Waals surface area contributed by atoms with Crippen LogP contribution in [0, 0.1) is 5.92 Å². The number of nitrogens with zero attached hydrogens (tertiary/aromatic N) is 1. The number of hydrogen-bond donors (Lipinski definition) is 1. The number of nitrogens with two attached hydrogens (primary N) is 1. The average Bonchev–Trinajstić information content (AvgIpc) is 2.81. The van der Waals surface area contributed by atoms with Gasteiger partial charge >= 0.3 is 0 Å². The molecule has 2 heteroatoms. The predicted octanol–water partition coefficient (Wildman–Crippen LogP) is 3.40. The molecular formula is C15H32N2. The molecule has 0 heterocycles. The quantitative estimate of drug-likeness (QED) is 0.739. The first-order chi connectivity index (χ1) is 8.03. The zero-order valence-electron chi connectivity index (χ0n) is 12.3. The zero-order valence-corrected chi connectivity index (χ0v) is 12.3. The van der Waals surface area contributed by atoms with E-state index in [2.05, 4.69) is 32.6 Å². The van der Waals surface area contributed by atoms with Crippen LogP contribution in [0.15, 0.2) is 0 Å². The molecule has 0 bridgehead atoms. The van der Waals surface area contributed by atoms with Crippen LogP contribution in [-0.2, 0) is 0 Å². The summed E-state index contributed by atoms with van der Waals surface area (Å²) in [5, 5.41) is 0. The first-order valence-corrected chi connectivity index (χ1v) is 7.50. The number of likely N-dealkylation sites (N-methyl/N-ethyl adjacent to an activating group) is 1. The van der Waals surface area contributed by atoms with Gasteiger partial charge in [-0.05, 0) is 45.1 Å². The maximum Gasteiger partial charge on any atom is 0.0306 e. The highest BCUT2D eigenvalue weighted by Gasteiger charge is 2.35. The van der Waals surface area contributed by atoms with E-state index in [-0.39, 0.29) is 5.54 Å². The SMILES string of the molecule is CCN(C1CCCC1)C(C)(CN)CCC(C)C. The Labute approximate surface area is 108 Å². The predicted molar refractivity (Wildman–Crippen MR) is 76.2 cm³/mol. The van der Waals surface area contributed by atoms with Crippen molar-refractivity contribution in [2.24, 2.45) is 11.7 Å². The van der Waals surface area contributed by atoms with Gasteiger partial charge in [0.25, 0.3) is 0 Å². The van der Waals surface area contributed by atoms with Crippen molar-refractivity contribution in [1.82, 2.24) is 4.90 Å². The molecule has 1 aliphatic carbocycles. The molecule has 2 N–H and O–H groups in total. The molecule has 0 aliphatic heterocycles. The lowest BCUT2D eigenvalue weighted by Gasteiger charge is -2.44. The average molecular weight is 240 g/mol. The molecular weight excluding hydrogens is 208 g/mol. The van der Waals surface area contributed by atoms with Crippen molar-refractivity contribution >= 4 is 0 Å². The molecule has 0 aromatic rings. The van der Waals surface area contributed by atoms with E-state index < -0.39 is 0 Å². The van der Waals surface area contributed by atoms with Gasteiger partial charge in [0.05, 0.1) is 0 Å². The first-order valence-electron chi connectivity index (χ1n) is 7.50. The van der Waals surface area contributed by atoms with Gasteiger partial charge in [-0.3, -0.25) is 4.90 Å². The summed E-state index contributed by atoms with van der Waals surface area (Å²) in [6, 6.07) is 0.792. The Morgan fingerprint density at radius 1 is 1.29 bits per heavy atom. The molecule has 0 radical (unpaired) electrons. The second-order valence-corrected chi connectivity index (χ2v) is 6.36. The van der Waals surface area contributed by atoms with Gasteiger partial charge in [0.2, 0.25) is 0 Å². The van der Waals surface area contributed by atoms with Gasteiger partial charge < -0.3 is 5.73 Å². The molecule has 0 aromatic carbocycles. The first kappa shape index (κ1) is 15.0. The molecule has 2 nitrogen and oxygen atoms in total. The van der Waals surface area contributed by atoms with E-state index in [9.17, 15) is 0 Å². The minimum atomic E-state index is 0.216. The molecule has 0 aromatic heterocycles. The Balaban J connectivity index is 2.65. The van der Waals surface area contributed by atoms with Crippen LogP contribution >= 0.6 is 0 Å². The fraction of sp³-hybridized carbons (Fsp3) is 1.00. The standard InChI is InChI=1S/C15H32N2/c1-5-17(14-8-6-7-9-14)15(4,12-16)11-10-13(2)3/h13-14H,5-12,16H2,1-4H3. The molecule has 1 aliphatic rings. The van der Waals surface area contributed by atoms with Crippen LogP contribution in [0.2, 0.25) is 0 Å². The largest absolute Gasteiger partial charge is 0.329 e. The fourth-order valence-electron chi connectivity index (χ4n) is 3.26. The van der Waals surface area contributed by atoms with Crippen molar-refractivity contribution in [1.29, 1.82) is 0 Å². The number of hydrogen-bond acceptors (Lipinski definition) is 2. The Kier molecular flexibility index (Phi) is 5.94. The van der Waals surface area contributed by atoms with Gasteiger partial charge in [0.1, 0.15) is 0 Å². The Morgan fingerprint density at radius 3 is 2.29 bits per heavy atom. The zero-order chi connectivity index (χ0) is 12.9. The maximum absolute atomic E-state index is 6.10. The molecule has 17 heavy (non-hydrogen) atoms. The topological polar surface area (TPSA) is 29.3 Å². The van der Waals surface area contributed by atoms with Crippen LogP contribution in [-0.4, -0.2) is 29.6 Å². The molecule has 1 unspecified atom stereocenters. The summed E-state index contributed by atoms with van der Waals surface area (Å²) in [6.07, 6.45) is 8.11. The van der Waals surface area contributed by atoms with Gasteiger partial charge in [-0.1, -0.05) is 33.6 Å². The molecule has 102 valence electrons. The van der Waals surface area contributed by atoms with Gasteiger partial charge in [0.15, 0.2) is 0 Å². The van der Waals surface area contributed by atoms with Crippen LogP contribution in [0.25, 0.3) is 0 Å². The van der Waals surface area contributed by atoms with E-state index in [1.165, 1.54) is 38.5 Å². The summed E-state index contributed by atoms with van der Waals surface area (Å²) < 4.78 is 0. The van der Waals surface area contributed by atoms with Crippen LogP contribution in [0.3, 0.4) is 0 Å². The molecule has 0 spiro atoms. The molecule has 0 saturated heterocycles. The lowest BCUT2D eigenvalue weighted by atomic mass is 9.88. The molecule has 1 atom stereocenters. The van der Waals surface area contributed by atoms with Crippen molar-refractivity contribution in [3.63, 3.8) is 0 Å². The lowest BCUT2D eigenvalue weighted by Crippen LogP contribution is -2.55. The third-order valence-corrected chi connectivity index (χ3v) is 4.50. The molecule has 1 fully saturated rings. The fourth-order valence-corrected chi connectivity index (χ4v) is 3.26. The summed E-state index contributed by atoms with van der Waals surface area (Å²) in [4.78, 5) is 2.70. The highest BCUT2D eigenvalue weighted by molar-refractivity contribution is 4.92. The Hall–Kier alpha value is -0.0800. The minimum Gasteiger partial charge on any atom is -0.329 e. The minimum absolute atomic E-state index is 0.216. The van der Waals surface area contributed by atoms with Crippen LogP contribution < -0.4 is 5.73 Å². The van der Waals surface area contributed by atoms with E-state index in [1.807, 2.05) is 0 Å². The second-order valence-electron chi connectivity index (χ2n) is 6.36. The van der Waals surface area contributed by atoms with Gasteiger partial charge in [-0.25, -0.2) is 0 Å². The van der Waals surface area contributed by atoms with E-state index >= 15 is 0 Å². The summed E-state index contributed by atoms with van der Waals surface area (Å²) in [7, 11) is 0. The van der Waals surface area contributed by atoms with Crippen molar-refractivity contribution in [3.05, 3.63) is 0 Å². The van der Waals surface area contributed by atoms with E-state index in [0.717, 1.165) is 25.0 Å². The van der Waals surface area contributed by atoms with Gasteiger partial charge in [0, 0.05) is 18.1 Å². The van der Waals surface area contributed by atoms with Gasteiger partial charge in [-0.2, -0.15) is 0 Å². The highest BCUT2D eigenvalue weighted by Crippen LogP contribution is 2.31. The van der Waals surface area contributed by atoms with E-state index in [1.54, 1.807) is 0 Å². The summed E-state index contributed by atoms with van der Waals surface area (Å²) in [5.41, 5.74) is 6.31. The summed E-state index contributed by atoms with van der Waals surface area (Å²) in [5.74, 6) is 0.781. The molecule has 1 rings (SSSR count). The maximum atomic E-state index is 6.10. The van der Waals surface area contributed by atoms with Crippen molar-refractivity contribution in [3.8, 4) is 0 Å². The second kappa shape index (κ2) is 6.75. The molecule has 1 saturated carbocycles. The highest BCUT2D eigenvalue weighted by atomic mass is 15.2. The molecule has 0 amide bonds. The van der Waals surface area contributed by atoms with E-state index in [4.69, 9.17) is 5.73 Å². The van der Waals surface area contributed by atoms with Crippen LogP contribution in [0.4, 0.5) is 0 Å². The normalized spacial score (nSPS) is 21.4. The monoisotopic (exact) mass is 240 g/mol. The van der Waals surface area contributed by atoms with E-state index in [0.29, 0.717) is 0 Å². The smallest absolute Gasteiger partial charge is 0.0306 e. The Morgan fingerprint density at radius 2 is 1.88 bits per heavy atom. The lowest BCUT2D eigenvalue weighted by molar-refractivity contribution is 0.0574. The van der Waals surface area contributed by atoms with Gasteiger partial charge in [-0.15, -0.1) is 0 Å². The number of rotatable bonds is 7. The van der Waals surface area contributed by atoms with Crippen molar-refractivity contribution in [2.45, 2.75) is 77.8 Å². The van der Waals surface area contributed by atoms with Crippen molar-refractivity contribution in [2.75, 3.05) is 13.1 Å². The summed E-state index contributed by atoms with van der Waals surface area (Å²) >= 11 is 0. The third kappa shape index (κ3) is 3.96. The Bertz CT molecular complexity index is 209. The van der Waals surface area contributed by atoms with Crippen molar-refractivity contribution < 1.29 is 0 Å². The third-order valence-electron chi connectivity index (χ3n) is 4.50. The summed E-state index contributed by atoms with van der Waals surface area (Å²) in [6.45, 7) is 11.2.